The van der Waals surface area contributed by atoms with E-state index in [2.05, 4.69) is 10.9 Å². The van der Waals surface area contributed by atoms with Crippen LogP contribution in [0.25, 0.3) is 10.9 Å². The van der Waals surface area contributed by atoms with Gasteiger partial charge >= 0.3 is 5.97 Å². The van der Waals surface area contributed by atoms with E-state index >= 15 is 0 Å². The van der Waals surface area contributed by atoms with Gasteiger partial charge in [0.05, 0.1) is 5.52 Å². The van der Waals surface area contributed by atoms with Crippen molar-refractivity contribution in [2.75, 3.05) is 13.4 Å². The molecule has 0 unspecified atom stereocenters. The molecule has 0 fully saturated rings. The highest BCUT2D eigenvalue weighted by molar-refractivity contribution is 5.81. The number of aromatic nitrogens is 1. The van der Waals surface area contributed by atoms with Crippen LogP contribution >= 0.6 is 0 Å². The summed E-state index contributed by atoms with van der Waals surface area (Å²) in [6, 6.07) is 7.12. The van der Waals surface area contributed by atoms with E-state index in [0.29, 0.717) is 11.3 Å². The molecule has 1 aromatic heterocycles. The van der Waals surface area contributed by atoms with E-state index in [1.807, 2.05) is 6.07 Å². The average molecular weight is 257 g/mol. The Morgan fingerprint density at radius 1 is 1.42 bits per heavy atom. The Morgan fingerprint density at radius 2 is 2.26 bits per heavy atom. The number of carboxylic acid groups (broad SMARTS) is 1. The fourth-order valence-corrected chi connectivity index (χ4v) is 1.52. The number of ether oxygens (including phenoxy) is 2. The van der Waals surface area contributed by atoms with Crippen LogP contribution in [0.3, 0.4) is 0 Å². The Hall–Kier alpha value is -2.58. The maximum Gasteiger partial charge on any atom is 0.329 e. The number of nitrogens with zero attached hydrogens (tertiary/aromatic N) is 1. The van der Waals surface area contributed by atoms with Crippen LogP contribution in [-0.2, 0) is 9.53 Å². The first-order chi connectivity index (χ1) is 9.19. The van der Waals surface area contributed by atoms with Crippen molar-refractivity contribution >= 4 is 16.9 Å². The molecule has 0 saturated carbocycles. The normalized spacial score (nSPS) is 10.1. The van der Waals surface area contributed by atoms with Gasteiger partial charge in [-0.3, -0.25) is 4.98 Å². The predicted molar refractivity (Wildman–Crippen MR) is 68.8 cm³/mol. The lowest BCUT2D eigenvalue weighted by molar-refractivity contribution is -0.144. The van der Waals surface area contributed by atoms with Crippen LogP contribution < -0.4 is 4.74 Å². The number of carboxylic acids is 1. The van der Waals surface area contributed by atoms with Crippen molar-refractivity contribution in [3.8, 4) is 18.1 Å². The minimum Gasteiger partial charge on any atom is -0.480 e. The molecule has 96 valence electrons. The maximum atomic E-state index is 10.2. The van der Waals surface area contributed by atoms with Gasteiger partial charge in [-0.05, 0) is 24.3 Å². The fraction of sp³-hybridized carbons (Fsp3) is 0.143. The lowest BCUT2D eigenvalue weighted by Gasteiger charge is -2.06. The van der Waals surface area contributed by atoms with Crippen molar-refractivity contribution in [2.45, 2.75) is 0 Å². The number of aliphatic carboxylic acids is 1. The van der Waals surface area contributed by atoms with Gasteiger partial charge in [0, 0.05) is 17.1 Å². The summed E-state index contributed by atoms with van der Waals surface area (Å²) < 4.78 is 10.1. The molecule has 5 heteroatoms. The molecule has 0 aliphatic heterocycles. The quantitative estimate of drug-likeness (QED) is 0.501. The molecule has 1 aromatic carbocycles. The van der Waals surface area contributed by atoms with E-state index in [0.717, 1.165) is 10.9 Å². The fourth-order valence-electron chi connectivity index (χ4n) is 1.52. The highest BCUT2D eigenvalue weighted by Gasteiger charge is 2.01. The zero-order chi connectivity index (χ0) is 13.7. The molecule has 0 spiro atoms. The molecule has 0 atom stereocenters. The Labute approximate surface area is 109 Å². The first-order valence-electron chi connectivity index (χ1n) is 5.48. The summed E-state index contributed by atoms with van der Waals surface area (Å²) in [6.07, 6.45) is 6.93. The standard InChI is InChI=1S/C14H11NO4/c1-2-10-5-11-6-12(3-4-13(11)15-7-10)19-9-18-8-14(16)17/h1,3-7H,8-9H2,(H,16,17). The summed E-state index contributed by atoms with van der Waals surface area (Å²) in [5, 5.41) is 9.26. The topological polar surface area (TPSA) is 68.7 Å². The van der Waals surface area contributed by atoms with Gasteiger partial charge in [-0.25, -0.2) is 4.79 Å². The van der Waals surface area contributed by atoms with Gasteiger partial charge in [-0.15, -0.1) is 6.42 Å². The third-order valence-corrected chi connectivity index (χ3v) is 2.35. The summed E-state index contributed by atoms with van der Waals surface area (Å²) in [5.41, 5.74) is 1.49. The molecule has 0 bridgehead atoms. The first-order valence-corrected chi connectivity index (χ1v) is 5.48. The second-order valence-corrected chi connectivity index (χ2v) is 3.73. The molecule has 0 aliphatic carbocycles. The molecule has 0 amide bonds. The molecule has 5 nitrogen and oxygen atoms in total. The SMILES string of the molecule is C#Cc1cnc2ccc(OCOCC(=O)O)cc2c1. The lowest BCUT2D eigenvalue weighted by atomic mass is 10.1. The average Bonchev–Trinajstić information content (AvgIpc) is 2.42. The smallest absolute Gasteiger partial charge is 0.329 e. The van der Waals surface area contributed by atoms with Crippen LogP contribution in [0, 0.1) is 12.3 Å². The molecule has 0 saturated heterocycles. The molecule has 2 aromatic rings. The summed E-state index contributed by atoms with van der Waals surface area (Å²) in [4.78, 5) is 14.5. The minimum atomic E-state index is -1.04. The van der Waals surface area contributed by atoms with Gasteiger partial charge < -0.3 is 14.6 Å². The van der Waals surface area contributed by atoms with Crippen LogP contribution in [0.4, 0.5) is 0 Å². The Bertz CT molecular complexity index is 645. The first kappa shape index (κ1) is 12.9. The molecular formula is C14H11NO4. The van der Waals surface area contributed by atoms with Gasteiger partial charge in [0.15, 0.2) is 6.79 Å². The Morgan fingerprint density at radius 3 is 3.00 bits per heavy atom. The van der Waals surface area contributed by atoms with Crippen molar-refractivity contribution in [2.24, 2.45) is 0 Å². The van der Waals surface area contributed by atoms with E-state index in [9.17, 15) is 4.79 Å². The van der Waals surface area contributed by atoms with E-state index < -0.39 is 12.6 Å². The zero-order valence-electron chi connectivity index (χ0n) is 10.00. The Balaban J connectivity index is 2.08. The van der Waals surface area contributed by atoms with Crippen molar-refractivity contribution in [3.05, 3.63) is 36.0 Å². The van der Waals surface area contributed by atoms with Gasteiger partial charge in [0.25, 0.3) is 0 Å². The zero-order valence-corrected chi connectivity index (χ0v) is 10.00. The number of pyridine rings is 1. The summed E-state index contributed by atoms with van der Waals surface area (Å²) in [5.74, 6) is 2.04. The van der Waals surface area contributed by atoms with Crippen molar-refractivity contribution in [1.82, 2.24) is 4.98 Å². The lowest BCUT2D eigenvalue weighted by Crippen LogP contribution is -2.11. The van der Waals surface area contributed by atoms with Crippen LogP contribution in [-0.4, -0.2) is 29.5 Å². The van der Waals surface area contributed by atoms with Crippen molar-refractivity contribution in [3.63, 3.8) is 0 Å². The highest BCUT2D eigenvalue weighted by atomic mass is 16.7. The third kappa shape index (κ3) is 3.44. The number of benzene rings is 1. The molecular weight excluding hydrogens is 246 g/mol. The van der Waals surface area contributed by atoms with E-state index in [-0.39, 0.29) is 6.79 Å². The number of carbonyl (C=O) groups is 1. The predicted octanol–water partition coefficient (Wildman–Crippen LogP) is 1.65. The highest BCUT2D eigenvalue weighted by Crippen LogP contribution is 2.20. The number of hydrogen-bond donors (Lipinski definition) is 1. The molecule has 0 radical (unpaired) electrons. The van der Waals surface area contributed by atoms with E-state index in [4.69, 9.17) is 21.0 Å². The number of fused-ring (bicyclic) bond motifs is 1. The van der Waals surface area contributed by atoms with Crippen molar-refractivity contribution in [1.29, 1.82) is 0 Å². The van der Waals surface area contributed by atoms with Crippen LogP contribution in [0.2, 0.25) is 0 Å². The second-order valence-electron chi connectivity index (χ2n) is 3.73. The summed E-state index contributed by atoms with van der Waals surface area (Å²) in [6.45, 7) is -0.517. The second kappa shape index (κ2) is 5.85. The maximum absolute atomic E-state index is 10.2. The monoisotopic (exact) mass is 257 g/mol. The molecule has 19 heavy (non-hydrogen) atoms. The van der Waals surface area contributed by atoms with Gasteiger partial charge in [-0.1, -0.05) is 5.92 Å². The largest absolute Gasteiger partial charge is 0.480 e. The molecule has 1 heterocycles. The number of hydrogen-bond acceptors (Lipinski definition) is 4. The van der Waals surface area contributed by atoms with Crippen LogP contribution in [0.15, 0.2) is 30.5 Å². The molecule has 2 rings (SSSR count). The van der Waals surface area contributed by atoms with E-state index in [1.165, 1.54) is 0 Å². The third-order valence-electron chi connectivity index (χ3n) is 2.35. The van der Waals surface area contributed by atoms with Gasteiger partial charge in [0.2, 0.25) is 0 Å². The van der Waals surface area contributed by atoms with Crippen LogP contribution in [0.1, 0.15) is 5.56 Å². The summed E-state index contributed by atoms with van der Waals surface area (Å²) in [7, 11) is 0. The van der Waals surface area contributed by atoms with Crippen molar-refractivity contribution < 1.29 is 19.4 Å². The van der Waals surface area contributed by atoms with Gasteiger partial charge in [-0.2, -0.15) is 0 Å². The van der Waals surface area contributed by atoms with Gasteiger partial charge in [0.1, 0.15) is 12.4 Å². The van der Waals surface area contributed by atoms with E-state index in [1.54, 1.807) is 24.4 Å². The minimum absolute atomic E-state index is 0.125. The van der Waals surface area contributed by atoms with Crippen LogP contribution in [0.5, 0.6) is 5.75 Å². The number of rotatable bonds is 5. The molecule has 1 N–H and O–H groups in total. The summed E-state index contributed by atoms with van der Waals surface area (Å²) >= 11 is 0. The Kier molecular flexibility index (Phi) is 3.96. The number of terminal acetylenes is 1. The molecule has 0 aliphatic rings.